The molecule has 2 rings (SSSR count). The Balaban J connectivity index is 2.28. The first kappa shape index (κ1) is 11.6. The molecule has 0 radical (unpaired) electrons. The predicted molar refractivity (Wildman–Crippen MR) is 71.3 cm³/mol. The fourth-order valence-electron chi connectivity index (χ4n) is 1.43. The van der Waals surface area contributed by atoms with Crippen LogP contribution in [0.1, 0.15) is 27.0 Å². The van der Waals surface area contributed by atoms with Crippen LogP contribution >= 0.6 is 27.3 Å². The molecule has 1 aromatic carbocycles. The summed E-state index contributed by atoms with van der Waals surface area (Å²) in [5.74, 6) is 0.109. The first-order chi connectivity index (χ1) is 7.70. The predicted octanol–water partition coefficient (Wildman–Crippen LogP) is 4.30. The van der Waals surface area contributed by atoms with Crippen molar-refractivity contribution in [2.75, 3.05) is 0 Å². The van der Waals surface area contributed by atoms with Crippen LogP contribution in [0.4, 0.5) is 0 Å². The zero-order valence-corrected chi connectivity index (χ0v) is 11.3. The van der Waals surface area contributed by atoms with Crippen LogP contribution in [0.2, 0.25) is 0 Å². The van der Waals surface area contributed by atoms with Gasteiger partial charge in [0.1, 0.15) is 0 Å². The Morgan fingerprint density at radius 3 is 2.44 bits per heavy atom. The lowest BCUT2D eigenvalue weighted by molar-refractivity contribution is 0.104. The number of benzene rings is 1. The third-order valence-electron chi connectivity index (χ3n) is 2.34. The average molecular weight is 295 g/mol. The summed E-state index contributed by atoms with van der Waals surface area (Å²) in [5.41, 5.74) is 0.743. The molecule has 0 unspecified atom stereocenters. The summed E-state index contributed by atoms with van der Waals surface area (Å²) in [6.45, 7) is 2.10. The van der Waals surface area contributed by atoms with Gasteiger partial charge in [0.05, 0.1) is 4.88 Å². The normalized spacial score (nSPS) is 10.4. The van der Waals surface area contributed by atoms with E-state index in [-0.39, 0.29) is 5.78 Å². The number of thiophene rings is 1. The quantitative estimate of drug-likeness (QED) is 0.771. The van der Waals surface area contributed by atoms with Gasteiger partial charge in [-0.15, -0.1) is 11.3 Å². The van der Waals surface area contributed by atoms with E-state index in [9.17, 15) is 4.79 Å². The van der Waals surface area contributed by atoms with E-state index in [0.717, 1.165) is 21.3 Å². The zero-order chi connectivity index (χ0) is 11.5. The second-order valence-corrected chi connectivity index (χ2v) is 5.54. The molecule has 2 aromatic rings. The summed E-state index contributed by atoms with van der Waals surface area (Å²) in [6.07, 6.45) is 0.984. The van der Waals surface area contributed by atoms with Gasteiger partial charge in [0.2, 0.25) is 5.78 Å². The number of rotatable bonds is 3. The van der Waals surface area contributed by atoms with E-state index in [1.807, 2.05) is 36.4 Å². The molecule has 1 aromatic heterocycles. The minimum absolute atomic E-state index is 0.109. The van der Waals surface area contributed by atoms with E-state index in [1.165, 1.54) is 4.88 Å². The van der Waals surface area contributed by atoms with Crippen molar-refractivity contribution in [3.8, 4) is 0 Å². The number of aryl methyl sites for hydroxylation is 1. The monoisotopic (exact) mass is 294 g/mol. The largest absolute Gasteiger partial charge is 0.288 e. The van der Waals surface area contributed by atoms with Crippen molar-refractivity contribution in [3.63, 3.8) is 0 Å². The van der Waals surface area contributed by atoms with Gasteiger partial charge in [-0.2, -0.15) is 0 Å². The fourth-order valence-corrected chi connectivity index (χ4v) is 2.61. The first-order valence-electron chi connectivity index (χ1n) is 5.09. The van der Waals surface area contributed by atoms with Crippen molar-refractivity contribution in [1.29, 1.82) is 0 Å². The lowest BCUT2D eigenvalue weighted by atomic mass is 10.1. The lowest BCUT2D eigenvalue weighted by Crippen LogP contribution is -1.97. The van der Waals surface area contributed by atoms with Gasteiger partial charge in [-0.1, -0.05) is 22.9 Å². The van der Waals surface area contributed by atoms with Gasteiger partial charge in [-0.3, -0.25) is 4.79 Å². The smallest absolute Gasteiger partial charge is 0.202 e. The van der Waals surface area contributed by atoms with Crippen LogP contribution in [0.25, 0.3) is 0 Å². The average Bonchev–Trinajstić information content (AvgIpc) is 2.77. The van der Waals surface area contributed by atoms with Crippen LogP contribution in [0.15, 0.2) is 40.9 Å². The number of hydrogen-bond acceptors (Lipinski definition) is 2. The second kappa shape index (κ2) is 4.93. The number of carbonyl (C=O) groups is 1. The van der Waals surface area contributed by atoms with Crippen LogP contribution in [-0.4, -0.2) is 5.78 Å². The van der Waals surface area contributed by atoms with Crippen molar-refractivity contribution in [2.24, 2.45) is 0 Å². The molecule has 1 heterocycles. The number of carbonyl (C=O) groups excluding carboxylic acids is 1. The summed E-state index contributed by atoms with van der Waals surface area (Å²) >= 11 is 4.94. The Bertz CT molecular complexity index is 499. The van der Waals surface area contributed by atoms with E-state index in [0.29, 0.717) is 0 Å². The molecule has 0 fully saturated rings. The summed E-state index contributed by atoms with van der Waals surface area (Å²) in [4.78, 5) is 14.2. The lowest BCUT2D eigenvalue weighted by Gasteiger charge is -1.97. The van der Waals surface area contributed by atoms with Crippen LogP contribution in [0.5, 0.6) is 0 Å². The molecule has 1 nitrogen and oxygen atoms in total. The molecule has 0 aliphatic carbocycles. The molecule has 0 aliphatic rings. The van der Waals surface area contributed by atoms with Crippen molar-refractivity contribution in [1.82, 2.24) is 0 Å². The molecule has 82 valence electrons. The molecule has 0 N–H and O–H groups in total. The summed E-state index contributed by atoms with van der Waals surface area (Å²) < 4.78 is 0.990. The summed E-state index contributed by atoms with van der Waals surface area (Å²) in [7, 11) is 0. The van der Waals surface area contributed by atoms with Crippen molar-refractivity contribution in [3.05, 3.63) is 56.2 Å². The first-order valence-corrected chi connectivity index (χ1v) is 6.70. The molecule has 0 bridgehead atoms. The minimum atomic E-state index is 0.109. The third-order valence-corrected chi connectivity index (χ3v) is 4.10. The SMILES string of the molecule is CCc1ccc(C(=O)c2ccc(Br)cc2)s1. The Morgan fingerprint density at radius 1 is 1.19 bits per heavy atom. The fraction of sp³-hybridized carbons (Fsp3) is 0.154. The Hall–Kier alpha value is -0.930. The molecular weight excluding hydrogens is 284 g/mol. The second-order valence-electron chi connectivity index (χ2n) is 3.46. The molecule has 0 spiro atoms. The molecule has 0 aliphatic heterocycles. The van der Waals surface area contributed by atoms with Crippen molar-refractivity contribution in [2.45, 2.75) is 13.3 Å². The van der Waals surface area contributed by atoms with Crippen molar-refractivity contribution < 1.29 is 4.79 Å². The summed E-state index contributed by atoms with van der Waals surface area (Å²) in [6, 6.07) is 11.4. The molecule has 0 saturated carbocycles. The molecule has 16 heavy (non-hydrogen) atoms. The zero-order valence-electron chi connectivity index (χ0n) is 8.87. The van der Waals surface area contributed by atoms with E-state index in [4.69, 9.17) is 0 Å². The number of halogens is 1. The van der Waals surface area contributed by atoms with Crippen LogP contribution < -0.4 is 0 Å². The number of hydrogen-bond donors (Lipinski definition) is 0. The Morgan fingerprint density at radius 2 is 1.88 bits per heavy atom. The molecular formula is C13H11BrOS. The minimum Gasteiger partial charge on any atom is -0.288 e. The van der Waals surface area contributed by atoms with Gasteiger partial charge in [0.25, 0.3) is 0 Å². The van der Waals surface area contributed by atoms with Gasteiger partial charge in [0.15, 0.2) is 0 Å². The molecule has 0 saturated heterocycles. The Kier molecular flexibility index (Phi) is 3.56. The van der Waals surface area contributed by atoms with E-state index >= 15 is 0 Å². The maximum Gasteiger partial charge on any atom is 0.202 e. The van der Waals surface area contributed by atoms with Crippen LogP contribution in [-0.2, 0) is 6.42 Å². The van der Waals surface area contributed by atoms with Crippen LogP contribution in [0.3, 0.4) is 0 Å². The molecule has 0 amide bonds. The van der Waals surface area contributed by atoms with Crippen molar-refractivity contribution >= 4 is 33.0 Å². The number of ketones is 1. The maximum atomic E-state index is 12.1. The maximum absolute atomic E-state index is 12.1. The highest BCUT2D eigenvalue weighted by Crippen LogP contribution is 2.21. The third kappa shape index (κ3) is 2.42. The van der Waals surface area contributed by atoms with Gasteiger partial charge >= 0.3 is 0 Å². The highest BCUT2D eigenvalue weighted by atomic mass is 79.9. The van der Waals surface area contributed by atoms with E-state index < -0.39 is 0 Å². The van der Waals surface area contributed by atoms with Crippen LogP contribution in [0, 0.1) is 0 Å². The standard InChI is InChI=1S/C13H11BrOS/c1-2-11-7-8-12(16-11)13(15)9-3-5-10(14)6-4-9/h3-8H,2H2,1H3. The van der Waals surface area contributed by atoms with Gasteiger partial charge < -0.3 is 0 Å². The topological polar surface area (TPSA) is 17.1 Å². The van der Waals surface area contributed by atoms with E-state index in [1.54, 1.807) is 11.3 Å². The molecule has 3 heteroatoms. The van der Waals surface area contributed by atoms with Gasteiger partial charge in [-0.25, -0.2) is 0 Å². The highest BCUT2D eigenvalue weighted by molar-refractivity contribution is 9.10. The Labute approximate surface area is 107 Å². The molecule has 0 atom stereocenters. The van der Waals surface area contributed by atoms with Gasteiger partial charge in [0, 0.05) is 14.9 Å². The summed E-state index contributed by atoms with van der Waals surface area (Å²) in [5, 5.41) is 0. The van der Waals surface area contributed by atoms with E-state index in [2.05, 4.69) is 22.9 Å². The highest BCUT2D eigenvalue weighted by Gasteiger charge is 2.10. The van der Waals surface area contributed by atoms with Gasteiger partial charge in [-0.05, 0) is 42.8 Å².